The SMILES string of the molecule is C=CCCc1ccc2cc(C3CCC4CC(C)CCC4C3)ccc2c1F. The fourth-order valence-electron chi connectivity index (χ4n) is 5.49. The zero-order chi connectivity index (χ0) is 18.1. The van der Waals surface area contributed by atoms with Gasteiger partial charge in [0, 0.05) is 5.39 Å². The van der Waals surface area contributed by atoms with E-state index in [2.05, 4.69) is 31.7 Å². The van der Waals surface area contributed by atoms with Crippen molar-refractivity contribution in [3.63, 3.8) is 0 Å². The summed E-state index contributed by atoms with van der Waals surface area (Å²) in [5.74, 6) is 3.42. The van der Waals surface area contributed by atoms with E-state index in [1.165, 1.54) is 44.1 Å². The number of hydrogen-bond acceptors (Lipinski definition) is 0. The fraction of sp³-hybridized carbons (Fsp3) is 0.520. The third-order valence-electron chi connectivity index (χ3n) is 7.02. The van der Waals surface area contributed by atoms with Crippen molar-refractivity contribution in [2.45, 2.75) is 64.2 Å². The average Bonchev–Trinajstić information content (AvgIpc) is 2.67. The Bertz CT molecular complexity index is 790. The van der Waals surface area contributed by atoms with Crippen LogP contribution in [0.1, 0.15) is 68.9 Å². The van der Waals surface area contributed by atoms with Gasteiger partial charge < -0.3 is 0 Å². The number of benzene rings is 2. The zero-order valence-corrected chi connectivity index (χ0v) is 16.0. The smallest absolute Gasteiger partial charge is 0.134 e. The summed E-state index contributed by atoms with van der Waals surface area (Å²) in [6, 6.07) is 10.5. The molecule has 138 valence electrons. The molecule has 2 fully saturated rings. The van der Waals surface area contributed by atoms with Gasteiger partial charge in [0.15, 0.2) is 0 Å². The Morgan fingerprint density at radius 3 is 2.69 bits per heavy atom. The van der Waals surface area contributed by atoms with Crippen LogP contribution in [-0.2, 0) is 6.42 Å². The first-order valence-electron chi connectivity index (χ1n) is 10.5. The molecule has 0 nitrogen and oxygen atoms in total. The molecule has 0 bridgehead atoms. The molecule has 2 aromatic carbocycles. The molecule has 0 saturated heterocycles. The lowest BCUT2D eigenvalue weighted by Gasteiger charge is -2.41. The van der Waals surface area contributed by atoms with Crippen molar-refractivity contribution >= 4 is 10.8 Å². The van der Waals surface area contributed by atoms with Crippen LogP contribution in [-0.4, -0.2) is 0 Å². The standard InChI is InChI=1S/C25H31F/c1-3-4-5-18-8-11-23-16-22(12-13-24(23)25(18)26)21-10-9-19-14-17(2)6-7-20(19)15-21/h3,8,11-13,16-17,19-21H,1,4-7,9-10,14-15H2,2H3. The molecular formula is C25H31F. The minimum Gasteiger partial charge on any atom is -0.206 e. The Morgan fingerprint density at radius 1 is 1.04 bits per heavy atom. The highest BCUT2D eigenvalue weighted by molar-refractivity contribution is 5.84. The molecule has 2 aliphatic rings. The van der Waals surface area contributed by atoms with Gasteiger partial charge in [-0.15, -0.1) is 6.58 Å². The number of allylic oxidation sites excluding steroid dienone is 1. The van der Waals surface area contributed by atoms with Crippen LogP contribution in [0.4, 0.5) is 4.39 Å². The molecule has 0 heterocycles. The van der Waals surface area contributed by atoms with Crippen molar-refractivity contribution in [1.29, 1.82) is 0 Å². The number of halogens is 1. The molecule has 0 N–H and O–H groups in total. The first-order valence-corrected chi connectivity index (χ1v) is 10.5. The lowest BCUT2D eigenvalue weighted by atomic mass is 9.64. The van der Waals surface area contributed by atoms with Crippen molar-refractivity contribution < 1.29 is 4.39 Å². The van der Waals surface area contributed by atoms with Crippen molar-refractivity contribution in [3.8, 4) is 0 Å². The first-order chi connectivity index (χ1) is 12.7. The third kappa shape index (κ3) is 3.46. The van der Waals surface area contributed by atoms with E-state index in [1.54, 1.807) is 0 Å². The highest BCUT2D eigenvalue weighted by Gasteiger charge is 2.34. The molecule has 4 rings (SSSR count). The van der Waals surface area contributed by atoms with Gasteiger partial charge in [0.2, 0.25) is 0 Å². The largest absolute Gasteiger partial charge is 0.206 e. The fourth-order valence-corrected chi connectivity index (χ4v) is 5.49. The molecule has 0 spiro atoms. The summed E-state index contributed by atoms with van der Waals surface area (Å²) < 4.78 is 14.8. The Labute approximate surface area is 157 Å². The summed E-state index contributed by atoms with van der Waals surface area (Å²) in [5.41, 5.74) is 2.23. The second-order valence-corrected chi connectivity index (χ2v) is 8.79. The minimum absolute atomic E-state index is 0.0409. The summed E-state index contributed by atoms with van der Waals surface area (Å²) in [5, 5.41) is 1.83. The van der Waals surface area contributed by atoms with Crippen LogP contribution >= 0.6 is 0 Å². The van der Waals surface area contributed by atoms with Gasteiger partial charge in [-0.3, -0.25) is 0 Å². The maximum atomic E-state index is 14.8. The monoisotopic (exact) mass is 350 g/mol. The Kier molecular flexibility index (Phi) is 5.16. The van der Waals surface area contributed by atoms with Crippen molar-refractivity contribution in [2.24, 2.45) is 17.8 Å². The predicted octanol–water partition coefficient (Wildman–Crippen LogP) is 7.42. The molecule has 0 amide bonds. The van der Waals surface area contributed by atoms with Crippen molar-refractivity contribution in [2.75, 3.05) is 0 Å². The Morgan fingerprint density at radius 2 is 1.85 bits per heavy atom. The zero-order valence-electron chi connectivity index (χ0n) is 16.0. The molecule has 0 aliphatic heterocycles. The van der Waals surface area contributed by atoms with Gasteiger partial charge >= 0.3 is 0 Å². The predicted molar refractivity (Wildman–Crippen MR) is 109 cm³/mol. The normalized spacial score (nSPS) is 28.7. The van der Waals surface area contributed by atoms with Crippen molar-refractivity contribution in [1.82, 2.24) is 0 Å². The van der Waals surface area contributed by atoms with Gasteiger partial charge in [0.05, 0.1) is 0 Å². The third-order valence-corrected chi connectivity index (χ3v) is 7.02. The van der Waals surface area contributed by atoms with Gasteiger partial charge in [-0.1, -0.05) is 49.8 Å². The number of aryl methyl sites for hydroxylation is 1. The molecule has 4 unspecified atom stereocenters. The van der Waals surface area contributed by atoms with E-state index >= 15 is 0 Å². The maximum absolute atomic E-state index is 14.8. The first kappa shape index (κ1) is 17.8. The van der Waals surface area contributed by atoms with Gasteiger partial charge in [0.1, 0.15) is 5.82 Å². The van der Waals surface area contributed by atoms with Crippen LogP contribution in [0, 0.1) is 23.6 Å². The van der Waals surface area contributed by atoms with Crippen LogP contribution in [0.3, 0.4) is 0 Å². The molecular weight excluding hydrogens is 319 g/mol. The Hall–Kier alpha value is -1.63. The lowest BCUT2D eigenvalue weighted by molar-refractivity contribution is 0.124. The van der Waals surface area contributed by atoms with E-state index < -0.39 is 0 Å². The quantitative estimate of drug-likeness (QED) is 0.503. The second-order valence-electron chi connectivity index (χ2n) is 8.79. The number of fused-ring (bicyclic) bond motifs is 2. The molecule has 0 radical (unpaired) electrons. The van der Waals surface area contributed by atoms with Gasteiger partial charge in [-0.2, -0.15) is 0 Å². The molecule has 2 saturated carbocycles. The van der Waals surface area contributed by atoms with Gasteiger partial charge in [-0.25, -0.2) is 4.39 Å². The van der Waals surface area contributed by atoms with E-state index in [-0.39, 0.29) is 5.82 Å². The van der Waals surface area contributed by atoms with Crippen LogP contribution in [0.2, 0.25) is 0 Å². The van der Waals surface area contributed by atoms with Gasteiger partial charge in [-0.05, 0) is 85.1 Å². The summed E-state index contributed by atoms with van der Waals surface area (Å²) in [4.78, 5) is 0. The van der Waals surface area contributed by atoms with Gasteiger partial charge in [0.25, 0.3) is 0 Å². The summed E-state index contributed by atoms with van der Waals surface area (Å²) in [6.07, 6.45) is 11.7. The second kappa shape index (κ2) is 7.55. The summed E-state index contributed by atoms with van der Waals surface area (Å²) >= 11 is 0. The van der Waals surface area contributed by atoms with E-state index in [0.29, 0.717) is 5.92 Å². The van der Waals surface area contributed by atoms with Crippen LogP contribution in [0.15, 0.2) is 43.0 Å². The minimum atomic E-state index is -0.0409. The van der Waals surface area contributed by atoms with Crippen LogP contribution in [0.25, 0.3) is 10.8 Å². The van der Waals surface area contributed by atoms with Crippen molar-refractivity contribution in [3.05, 3.63) is 59.9 Å². The molecule has 26 heavy (non-hydrogen) atoms. The molecule has 2 aromatic rings. The molecule has 2 aliphatic carbocycles. The van der Waals surface area contributed by atoms with Crippen LogP contribution in [0.5, 0.6) is 0 Å². The Balaban J connectivity index is 1.55. The number of rotatable bonds is 4. The molecule has 4 atom stereocenters. The summed E-state index contributed by atoms with van der Waals surface area (Å²) in [7, 11) is 0. The van der Waals surface area contributed by atoms with E-state index in [9.17, 15) is 4.39 Å². The van der Waals surface area contributed by atoms with Crippen LogP contribution < -0.4 is 0 Å². The van der Waals surface area contributed by atoms with E-state index in [1.807, 2.05) is 18.2 Å². The lowest BCUT2D eigenvalue weighted by Crippen LogP contribution is -2.29. The molecule has 0 aromatic heterocycles. The van der Waals surface area contributed by atoms with E-state index in [4.69, 9.17) is 0 Å². The average molecular weight is 351 g/mol. The van der Waals surface area contributed by atoms with E-state index in [0.717, 1.165) is 46.9 Å². The molecule has 1 heteroatoms. The topological polar surface area (TPSA) is 0 Å². The number of hydrogen-bond donors (Lipinski definition) is 0. The highest BCUT2D eigenvalue weighted by Crippen LogP contribution is 2.47. The maximum Gasteiger partial charge on any atom is 0.134 e. The summed E-state index contributed by atoms with van der Waals surface area (Å²) in [6.45, 7) is 6.16. The highest BCUT2D eigenvalue weighted by atomic mass is 19.1.